The number of carbonyl (C=O) groups is 2. The summed E-state index contributed by atoms with van der Waals surface area (Å²) in [6, 6.07) is 7.52. The summed E-state index contributed by atoms with van der Waals surface area (Å²) in [6.07, 6.45) is 14.3. The highest BCUT2D eigenvalue weighted by atomic mass is 31.2. The molecule has 0 saturated carbocycles. The van der Waals surface area contributed by atoms with Crippen LogP contribution in [0.2, 0.25) is 0 Å². The van der Waals surface area contributed by atoms with E-state index in [2.05, 4.69) is 27.8 Å². The maximum Gasteiger partial charge on any atom is 0.533 e. The molecule has 17 heteroatoms. The Balaban J connectivity index is 1.36. The number of carbonyl (C=O) groups excluding carboxylic acids is 2. The Kier molecular flexibility index (Phi) is 15.5. The molecular weight excluding hydrogens is 698 g/mol. The molecule has 1 fully saturated rings. The van der Waals surface area contributed by atoms with Gasteiger partial charge in [-0.15, -0.1) is 6.42 Å². The number of benzene rings is 1. The van der Waals surface area contributed by atoms with Crippen molar-refractivity contribution in [1.29, 1.82) is 0 Å². The molecule has 0 aliphatic carbocycles. The van der Waals surface area contributed by atoms with Gasteiger partial charge in [0.1, 0.15) is 25.0 Å². The number of nitrogen functional groups attached to an aromatic ring is 1. The van der Waals surface area contributed by atoms with E-state index in [-0.39, 0.29) is 36.4 Å². The standard InChI is InChI=1S/C35H48FN6O9P/c1-3-5-6-7-8-9-10-11-12-16-19-47-29(44)22-48-52(46,51-33(45)26(37)20-25-17-14-13-15-18-25)49-23-35(4-2)27(43)21-28(50-35)42-24-39-30-31(38)40-34(36)41-32(30)42/h2,13-15,17-18,24,26-28,43H,3,5-12,16,19-23,37H2,1H3,(H2,38,40,41)/t26?,27-,28+,35+,52+/m0/s1. The Hall–Kier alpha value is -3.97. The molecule has 1 aliphatic rings. The summed E-state index contributed by atoms with van der Waals surface area (Å²) >= 11 is 0. The molecule has 4 rings (SSSR count). The number of fused-ring (bicyclic) bond motifs is 1. The molecule has 2 aromatic heterocycles. The molecule has 284 valence electrons. The van der Waals surface area contributed by atoms with E-state index in [4.69, 9.17) is 40.9 Å². The zero-order valence-electron chi connectivity index (χ0n) is 29.4. The SMILES string of the molecule is C#C[C@]1(CO[P@@](=O)(OCC(=O)OCCCCCCCCCCCC)OC(=O)C(N)Cc2ccccc2)O[C@@H](n2cnc3c(N)nc(F)nc32)C[C@@H]1O. The van der Waals surface area contributed by atoms with Gasteiger partial charge >= 0.3 is 25.8 Å². The van der Waals surface area contributed by atoms with Crippen LogP contribution in [0.1, 0.15) is 89.3 Å². The number of unbranched alkanes of at least 4 members (excludes halogenated alkanes) is 9. The summed E-state index contributed by atoms with van der Waals surface area (Å²) in [5, 5.41) is 11.0. The fraction of sp³-hybridized carbons (Fsp3) is 0.571. The second-order valence-electron chi connectivity index (χ2n) is 12.7. The third-order valence-corrected chi connectivity index (χ3v) is 9.92. The second kappa shape index (κ2) is 19.8. The lowest BCUT2D eigenvalue weighted by atomic mass is 9.99. The summed E-state index contributed by atoms with van der Waals surface area (Å²) in [6.45, 7) is 0.597. The molecule has 1 saturated heterocycles. The number of nitrogens with zero attached hydrogens (tertiary/aromatic N) is 4. The number of phosphoric acid groups is 1. The van der Waals surface area contributed by atoms with Crippen molar-refractivity contribution in [2.24, 2.45) is 5.73 Å². The molecule has 5 atom stereocenters. The average molecular weight is 747 g/mol. The highest BCUT2D eigenvalue weighted by molar-refractivity contribution is 7.49. The third kappa shape index (κ3) is 11.5. The van der Waals surface area contributed by atoms with E-state index in [0.717, 1.165) is 19.3 Å². The number of ether oxygens (including phenoxy) is 2. The highest BCUT2D eigenvalue weighted by Gasteiger charge is 2.51. The molecule has 52 heavy (non-hydrogen) atoms. The van der Waals surface area contributed by atoms with E-state index >= 15 is 0 Å². The number of aliphatic hydroxyl groups is 1. The van der Waals surface area contributed by atoms with Gasteiger partial charge in [0.2, 0.25) is 0 Å². The number of anilines is 1. The lowest BCUT2D eigenvalue weighted by molar-refractivity contribution is -0.149. The Morgan fingerprint density at radius 2 is 1.79 bits per heavy atom. The normalized spacial score (nSPS) is 20.3. The summed E-state index contributed by atoms with van der Waals surface area (Å²) in [7, 11) is -4.95. The first-order valence-electron chi connectivity index (χ1n) is 17.6. The van der Waals surface area contributed by atoms with Crippen LogP contribution in [0.4, 0.5) is 10.2 Å². The fourth-order valence-electron chi connectivity index (χ4n) is 5.69. The van der Waals surface area contributed by atoms with E-state index < -0.39 is 63.0 Å². The Bertz CT molecular complexity index is 1710. The van der Waals surface area contributed by atoms with Crippen LogP contribution in [-0.2, 0) is 43.6 Å². The van der Waals surface area contributed by atoms with Crippen molar-refractivity contribution in [2.45, 2.75) is 108 Å². The zero-order valence-corrected chi connectivity index (χ0v) is 30.3. The number of halogens is 1. The van der Waals surface area contributed by atoms with Gasteiger partial charge in [0.25, 0.3) is 0 Å². The number of imidazole rings is 1. The predicted molar refractivity (Wildman–Crippen MR) is 189 cm³/mol. The molecule has 0 bridgehead atoms. The third-order valence-electron chi connectivity index (χ3n) is 8.63. The topological polar surface area (TPSA) is 213 Å². The molecule has 1 aromatic carbocycles. The van der Waals surface area contributed by atoms with Gasteiger partial charge in [0, 0.05) is 6.42 Å². The number of hydrogen-bond acceptors (Lipinski definition) is 14. The zero-order chi connectivity index (χ0) is 37.6. The molecule has 0 spiro atoms. The number of phosphoric ester groups is 1. The minimum absolute atomic E-state index is 0.0254. The Morgan fingerprint density at radius 1 is 1.12 bits per heavy atom. The predicted octanol–water partition coefficient (Wildman–Crippen LogP) is 4.92. The summed E-state index contributed by atoms with van der Waals surface area (Å²) in [5.74, 6) is 0.0846. The van der Waals surface area contributed by atoms with Crippen molar-refractivity contribution < 1.29 is 46.7 Å². The summed E-state index contributed by atoms with van der Waals surface area (Å²) < 4.78 is 56.2. The van der Waals surface area contributed by atoms with Crippen molar-refractivity contribution in [1.82, 2.24) is 19.5 Å². The van der Waals surface area contributed by atoms with E-state index in [1.165, 1.54) is 49.4 Å². The lowest BCUT2D eigenvalue weighted by Gasteiger charge is -2.28. The van der Waals surface area contributed by atoms with Crippen molar-refractivity contribution >= 4 is 36.7 Å². The van der Waals surface area contributed by atoms with Gasteiger partial charge in [0.15, 0.2) is 29.2 Å². The minimum atomic E-state index is -4.95. The second-order valence-corrected chi connectivity index (χ2v) is 14.3. The molecule has 0 radical (unpaired) electrons. The number of rotatable bonds is 22. The van der Waals surface area contributed by atoms with Crippen molar-refractivity contribution in [3.05, 3.63) is 48.3 Å². The van der Waals surface area contributed by atoms with Crippen LogP contribution in [0.25, 0.3) is 11.2 Å². The fourth-order valence-corrected chi connectivity index (χ4v) is 6.84. The molecule has 3 heterocycles. The number of aliphatic hydroxyl groups excluding tert-OH is 1. The van der Waals surface area contributed by atoms with Gasteiger partial charge in [-0.2, -0.15) is 14.4 Å². The number of esters is 1. The van der Waals surface area contributed by atoms with Gasteiger partial charge in [-0.1, -0.05) is 101 Å². The van der Waals surface area contributed by atoms with E-state index in [9.17, 15) is 23.7 Å². The van der Waals surface area contributed by atoms with Gasteiger partial charge in [-0.25, -0.2) is 19.1 Å². The highest BCUT2D eigenvalue weighted by Crippen LogP contribution is 2.52. The number of aromatic nitrogens is 4. The quantitative estimate of drug-likeness (QED) is 0.0410. The van der Waals surface area contributed by atoms with E-state index in [1.54, 1.807) is 30.3 Å². The molecule has 0 amide bonds. The number of hydrogen-bond donors (Lipinski definition) is 3. The van der Waals surface area contributed by atoms with Crippen LogP contribution >= 0.6 is 7.82 Å². The van der Waals surface area contributed by atoms with Crippen LogP contribution < -0.4 is 11.5 Å². The minimum Gasteiger partial charge on any atom is -0.464 e. The largest absolute Gasteiger partial charge is 0.533 e. The van der Waals surface area contributed by atoms with Crippen LogP contribution in [0, 0.1) is 18.4 Å². The van der Waals surface area contributed by atoms with Crippen LogP contribution in [0.5, 0.6) is 0 Å². The van der Waals surface area contributed by atoms with E-state index in [1.807, 2.05) is 0 Å². The first-order valence-corrected chi connectivity index (χ1v) is 19.0. The van der Waals surface area contributed by atoms with Crippen LogP contribution in [-0.4, -0.2) is 74.1 Å². The summed E-state index contributed by atoms with van der Waals surface area (Å²) in [5.41, 5.74) is 10.6. The van der Waals surface area contributed by atoms with Gasteiger partial charge < -0.3 is 30.6 Å². The van der Waals surface area contributed by atoms with E-state index in [0.29, 0.717) is 12.0 Å². The van der Waals surface area contributed by atoms with Gasteiger partial charge in [-0.3, -0.25) is 13.6 Å². The monoisotopic (exact) mass is 746 g/mol. The van der Waals surface area contributed by atoms with Crippen molar-refractivity contribution in [3.63, 3.8) is 0 Å². The maximum atomic E-state index is 14.0. The van der Waals surface area contributed by atoms with Crippen LogP contribution in [0.3, 0.4) is 0 Å². The summed E-state index contributed by atoms with van der Waals surface area (Å²) in [4.78, 5) is 36.8. The molecule has 15 nitrogen and oxygen atoms in total. The molecule has 1 unspecified atom stereocenters. The maximum absolute atomic E-state index is 14.0. The first-order chi connectivity index (χ1) is 25.0. The molecular formula is C35H48FN6O9P. The van der Waals surface area contributed by atoms with Crippen molar-refractivity contribution in [3.8, 4) is 12.3 Å². The Morgan fingerprint density at radius 3 is 2.46 bits per heavy atom. The van der Waals surface area contributed by atoms with Crippen molar-refractivity contribution in [2.75, 3.05) is 25.6 Å². The van der Waals surface area contributed by atoms with Gasteiger partial charge in [-0.05, 0) is 18.4 Å². The molecule has 1 aliphatic heterocycles. The Labute approximate surface area is 302 Å². The average Bonchev–Trinajstić information content (AvgIpc) is 3.70. The van der Waals surface area contributed by atoms with Gasteiger partial charge in [0.05, 0.1) is 12.9 Å². The molecule has 3 aromatic rings. The number of terminal acetylenes is 1. The van der Waals surface area contributed by atoms with Crippen LogP contribution in [0.15, 0.2) is 36.7 Å². The first kappa shape index (κ1) is 40.8. The number of nitrogens with two attached hydrogens (primary N) is 2. The molecule has 5 N–H and O–H groups in total. The smallest absolute Gasteiger partial charge is 0.464 e. The lowest BCUT2D eigenvalue weighted by Crippen LogP contribution is -2.42.